The first-order valence-electron chi connectivity index (χ1n) is 11.9. The fourth-order valence-electron chi connectivity index (χ4n) is 4.28. The molecule has 1 aromatic heterocycles. The van der Waals surface area contributed by atoms with Gasteiger partial charge in [0.2, 0.25) is 6.41 Å². The first-order valence-corrected chi connectivity index (χ1v) is 12.3. The zero-order valence-corrected chi connectivity index (χ0v) is 21.8. The number of piperidine rings is 1. The standard InChI is InChI=1S/C28H30ClFN4O3/c1-28(37)7-10-33(11-8-28)26-15-20(6-9-31-26)23-17-21(30)16-22(27(23)36)19-4-5-25(24(29)14-19)34(18-35)13-12-32(2)3/h4-6,9,12-18,36-37H,7-8,10-11H2,1-3H3/b13-12-. The zero-order chi connectivity index (χ0) is 26.7. The number of phenols is 1. The second-order valence-electron chi connectivity index (χ2n) is 9.68. The summed E-state index contributed by atoms with van der Waals surface area (Å²) in [7, 11) is 3.66. The van der Waals surface area contributed by atoms with E-state index in [2.05, 4.69) is 9.88 Å². The Hall–Kier alpha value is -3.62. The summed E-state index contributed by atoms with van der Waals surface area (Å²) in [5.41, 5.74) is 1.48. The van der Waals surface area contributed by atoms with E-state index in [4.69, 9.17) is 11.6 Å². The molecule has 4 rings (SSSR count). The topological polar surface area (TPSA) is 80.1 Å². The summed E-state index contributed by atoms with van der Waals surface area (Å²) in [5, 5.41) is 21.7. The van der Waals surface area contributed by atoms with Crippen LogP contribution < -0.4 is 9.80 Å². The van der Waals surface area contributed by atoms with Crippen molar-refractivity contribution < 1.29 is 19.4 Å². The van der Waals surface area contributed by atoms with Crippen molar-refractivity contribution in [3.8, 4) is 28.0 Å². The van der Waals surface area contributed by atoms with Crippen molar-refractivity contribution in [2.45, 2.75) is 25.4 Å². The number of hydrogen-bond acceptors (Lipinski definition) is 6. The molecule has 1 aliphatic rings. The first kappa shape index (κ1) is 26.4. The van der Waals surface area contributed by atoms with Gasteiger partial charge in [-0.2, -0.15) is 0 Å². The predicted molar refractivity (Wildman–Crippen MR) is 145 cm³/mol. The number of aliphatic hydroxyl groups is 1. The van der Waals surface area contributed by atoms with Gasteiger partial charge in [-0.15, -0.1) is 0 Å². The summed E-state index contributed by atoms with van der Waals surface area (Å²) in [6.45, 7) is 3.13. The Labute approximate surface area is 221 Å². The SMILES string of the molecule is CN(C)/C=C\N(C=O)c1ccc(-c2cc(F)cc(-c3ccnc(N4CCC(C)(O)CC4)c3)c2O)cc1Cl. The lowest BCUT2D eigenvalue weighted by molar-refractivity contribution is -0.107. The molecule has 0 atom stereocenters. The molecule has 1 fully saturated rings. The summed E-state index contributed by atoms with van der Waals surface area (Å²) in [4.78, 5) is 21.2. The number of aromatic hydroxyl groups is 1. The molecule has 0 radical (unpaired) electrons. The van der Waals surface area contributed by atoms with Gasteiger partial charge in [0.1, 0.15) is 17.4 Å². The number of anilines is 2. The van der Waals surface area contributed by atoms with Crippen LogP contribution in [0.2, 0.25) is 5.02 Å². The van der Waals surface area contributed by atoms with Crippen molar-refractivity contribution in [2.75, 3.05) is 37.0 Å². The minimum atomic E-state index is -0.688. The van der Waals surface area contributed by atoms with Gasteiger partial charge < -0.3 is 20.0 Å². The summed E-state index contributed by atoms with van der Waals surface area (Å²) >= 11 is 6.49. The lowest BCUT2D eigenvalue weighted by Crippen LogP contribution is -2.42. The number of nitrogens with zero attached hydrogens (tertiary/aromatic N) is 4. The van der Waals surface area contributed by atoms with E-state index in [0.717, 1.165) is 0 Å². The molecule has 1 saturated heterocycles. The number of phenolic OH excluding ortho intramolecular Hbond substituents is 1. The summed E-state index contributed by atoms with van der Waals surface area (Å²) in [5.74, 6) is 0.0906. The smallest absolute Gasteiger partial charge is 0.218 e. The number of carbonyl (C=O) groups excluding carboxylic acids is 1. The Bertz CT molecular complexity index is 1320. The predicted octanol–water partition coefficient (Wildman–Crippen LogP) is 5.26. The molecule has 1 aliphatic heterocycles. The first-order chi connectivity index (χ1) is 17.6. The minimum Gasteiger partial charge on any atom is -0.507 e. The third-order valence-electron chi connectivity index (χ3n) is 6.47. The number of aromatic nitrogens is 1. The van der Waals surface area contributed by atoms with Crippen LogP contribution in [-0.2, 0) is 4.79 Å². The highest BCUT2D eigenvalue weighted by Gasteiger charge is 2.28. The van der Waals surface area contributed by atoms with E-state index in [0.29, 0.717) is 60.5 Å². The Morgan fingerprint density at radius 2 is 1.70 bits per heavy atom. The third kappa shape index (κ3) is 6.03. The maximum absolute atomic E-state index is 14.8. The quantitative estimate of drug-likeness (QED) is 0.410. The van der Waals surface area contributed by atoms with E-state index in [-0.39, 0.29) is 16.3 Å². The molecule has 1 amide bonds. The van der Waals surface area contributed by atoms with Gasteiger partial charge in [-0.05, 0) is 67.3 Å². The molecule has 194 valence electrons. The van der Waals surface area contributed by atoms with Crippen molar-refractivity contribution in [1.82, 2.24) is 9.88 Å². The monoisotopic (exact) mass is 524 g/mol. The molecular formula is C28H30ClFN4O3. The van der Waals surface area contributed by atoms with E-state index in [9.17, 15) is 19.4 Å². The van der Waals surface area contributed by atoms with Crippen LogP contribution in [-0.4, -0.2) is 59.3 Å². The molecule has 0 spiro atoms. The van der Waals surface area contributed by atoms with Crippen LogP contribution in [0.25, 0.3) is 22.3 Å². The minimum absolute atomic E-state index is 0.0938. The Balaban J connectivity index is 1.68. The van der Waals surface area contributed by atoms with Crippen molar-refractivity contribution in [1.29, 1.82) is 0 Å². The fraction of sp³-hybridized carbons (Fsp3) is 0.286. The van der Waals surface area contributed by atoms with E-state index < -0.39 is 11.4 Å². The molecule has 0 saturated carbocycles. The lowest BCUT2D eigenvalue weighted by atomic mass is 9.93. The average molecular weight is 525 g/mol. The number of amides is 1. The normalized spacial score (nSPS) is 15.1. The van der Waals surface area contributed by atoms with E-state index in [1.807, 2.05) is 27.1 Å². The van der Waals surface area contributed by atoms with Crippen LogP contribution in [0, 0.1) is 5.82 Å². The molecular weight excluding hydrogens is 495 g/mol. The maximum atomic E-state index is 14.8. The van der Waals surface area contributed by atoms with E-state index in [1.165, 1.54) is 17.0 Å². The van der Waals surface area contributed by atoms with Crippen molar-refractivity contribution in [3.63, 3.8) is 0 Å². The number of benzene rings is 2. The molecule has 9 heteroatoms. The van der Waals surface area contributed by atoms with Gasteiger partial charge in [0.05, 0.1) is 16.3 Å². The van der Waals surface area contributed by atoms with Gasteiger partial charge in [0.25, 0.3) is 0 Å². The van der Waals surface area contributed by atoms with Crippen LogP contribution in [0.15, 0.2) is 61.1 Å². The molecule has 0 bridgehead atoms. The van der Waals surface area contributed by atoms with Crippen LogP contribution in [0.3, 0.4) is 0 Å². The van der Waals surface area contributed by atoms with Crippen LogP contribution in [0.4, 0.5) is 15.9 Å². The van der Waals surface area contributed by atoms with Crippen molar-refractivity contribution in [2.24, 2.45) is 0 Å². The second-order valence-corrected chi connectivity index (χ2v) is 10.1. The van der Waals surface area contributed by atoms with Crippen molar-refractivity contribution >= 4 is 29.5 Å². The van der Waals surface area contributed by atoms with E-state index in [1.54, 1.807) is 47.8 Å². The second kappa shape index (κ2) is 10.8. The van der Waals surface area contributed by atoms with Gasteiger partial charge >= 0.3 is 0 Å². The molecule has 2 aromatic carbocycles. The lowest BCUT2D eigenvalue weighted by Gasteiger charge is -2.36. The molecule has 2 heterocycles. The fourth-order valence-corrected chi connectivity index (χ4v) is 4.56. The molecule has 3 aromatic rings. The summed E-state index contributed by atoms with van der Waals surface area (Å²) in [6.07, 6.45) is 6.80. The zero-order valence-electron chi connectivity index (χ0n) is 21.0. The molecule has 0 unspecified atom stereocenters. The van der Waals surface area contributed by atoms with Gasteiger partial charge in [0, 0.05) is 56.9 Å². The Morgan fingerprint density at radius 3 is 2.30 bits per heavy atom. The molecule has 0 aliphatic carbocycles. The Kier molecular flexibility index (Phi) is 7.71. The highest BCUT2D eigenvalue weighted by atomic mass is 35.5. The summed E-state index contributed by atoms with van der Waals surface area (Å²) in [6, 6.07) is 11.0. The third-order valence-corrected chi connectivity index (χ3v) is 6.77. The highest BCUT2D eigenvalue weighted by Crippen LogP contribution is 2.41. The molecule has 7 nitrogen and oxygen atoms in total. The largest absolute Gasteiger partial charge is 0.507 e. The molecule has 2 N–H and O–H groups in total. The molecule has 37 heavy (non-hydrogen) atoms. The number of halogens is 2. The van der Waals surface area contributed by atoms with Gasteiger partial charge in [0.15, 0.2) is 0 Å². The maximum Gasteiger partial charge on any atom is 0.218 e. The van der Waals surface area contributed by atoms with Crippen LogP contribution >= 0.6 is 11.6 Å². The van der Waals surface area contributed by atoms with Gasteiger partial charge in [-0.1, -0.05) is 17.7 Å². The Morgan fingerprint density at radius 1 is 1.05 bits per heavy atom. The van der Waals surface area contributed by atoms with Crippen molar-refractivity contribution in [3.05, 3.63) is 71.9 Å². The number of carbonyl (C=O) groups is 1. The van der Waals surface area contributed by atoms with Crippen LogP contribution in [0.5, 0.6) is 5.75 Å². The highest BCUT2D eigenvalue weighted by molar-refractivity contribution is 6.34. The van der Waals surface area contributed by atoms with E-state index >= 15 is 0 Å². The van der Waals surface area contributed by atoms with Gasteiger partial charge in [-0.3, -0.25) is 9.69 Å². The number of pyridine rings is 1. The number of hydrogen-bond donors (Lipinski definition) is 2. The van der Waals surface area contributed by atoms with Gasteiger partial charge in [-0.25, -0.2) is 9.37 Å². The van der Waals surface area contributed by atoms with Crippen LogP contribution in [0.1, 0.15) is 19.8 Å². The number of rotatable bonds is 7. The average Bonchev–Trinajstić information content (AvgIpc) is 2.86. The summed E-state index contributed by atoms with van der Waals surface area (Å²) < 4.78 is 14.8.